The molecule has 1 nitrogen and oxygen atoms in total. The van der Waals surface area contributed by atoms with Crippen molar-refractivity contribution < 1.29 is 0 Å². The number of rotatable bonds is 4. The molecule has 2 heteroatoms. The number of hydrogen-bond acceptors (Lipinski definition) is 2. The van der Waals surface area contributed by atoms with Crippen LogP contribution in [0, 0.1) is 0 Å². The summed E-state index contributed by atoms with van der Waals surface area (Å²) in [4.78, 5) is 2.55. The first-order valence-corrected chi connectivity index (χ1v) is 7.06. The lowest BCUT2D eigenvalue weighted by molar-refractivity contribution is 0.865. The molecule has 0 bridgehead atoms. The van der Waals surface area contributed by atoms with E-state index in [-0.39, 0.29) is 0 Å². The Balaban J connectivity index is 2.13. The van der Waals surface area contributed by atoms with Gasteiger partial charge in [-0.1, -0.05) is 43.8 Å². The maximum absolute atomic E-state index is 3.16. The highest BCUT2D eigenvalue weighted by atomic mass is 32.2. The average Bonchev–Trinajstić information content (AvgIpc) is 2.39. The van der Waals surface area contributed by atoms with Gasteiger partial charge in [-0.2, -0.15) is 0 Å². The average molecular weight is 257 g/mol. The van der Waals surface area contributed by atoms with Gasteiger partial charge in [-0.25, -0.2) is 0 Å². The van der Waals surface area contributed by atoms with E-state index in [0.717, 1.165) is 5.69 Å². The van der Waals surface area contributed by atoms with Crippen LogP contribution in [-0.2, 0) is 0 Å². The second-order valence-electron chi connectivity index (χ2n) is 4.60. The van der Waals surface area contributed by atoms with Gasteiger partial charge in [0.2, 0.25) is 0 Å². The monoisotopic (exact) mass is 257 g/mol. The number of benzene rings is 2. The number of anilines is 1. The summed E-state index contributed by atoms with van der Waals surface area (Å²) in [5.41, 5.74) is 2.54. The summed E-state index contributed by atoms with van der Waals surface area (Å²) in [6.07, 6.45) is 0. The van der Waals surface area contributed by atoms with E-state index in [2.05, 4.69) is 67.7 Å². The molecule has 18 heavy (non-hydrogen) atoms. The molecular weight excluding hydrogens is 238 g/mol. The smallest absolute Gasteiger partial charge is 0.0348 e. The predicted octanol–water partition coefficient (Wildman–Crippen LogP) is 5.00. The van der Waals surface area contributed by atoms with Crippen LogP contribution >= 0.6 is 11.8 Å². The van der Waals surface area contributed by atoms with Gasteiger partial charge in [0.25, 0.3) is 0 Å². The van der Waals surface area contributed by atoms with Crippen molar-refractivity contribution >= 4 is 17.4 Å². The van der Waals surface area contributed by atoms with Crippen molar-refractivity contribution in [1.82, 2.24) is 0 Å². The normalized spacial score (nSPS) is 10.7. The van der Waals surface area contributed by atoms with Crippen LogP contribution in [0.25, 0.3) is 0 Å². The van der Waals surface area contributed by atoms with Crippen LogP contribution < -0.4 is 5.32 Å². The molecule has 0 heterocycles. The first-order chi connectivity index (χ1) is 8.69. The molecule has 2 aromatic carbocycles. The highest BCUT2D eigenvalue weighted by molar-refractivity contribution is 7.99. The van der Waals surface area contributed by atoms with Crippen LogP contribution in [0.15, 0.2) is 58.3 Å². The molecule has 0 amide bonds. The van der Waals surface area contributed by atoms with Crippen molar-refractivity contribution in [3.05, 3.63) is 54.1 Å². The van der Waals surface area contributed by atoms with Gasteiger partial charge in [0.15, 0.2) is 0 Å². The molecule has 2 rings (SSSR count). The maximum atomic E-state index is 3.16. The minimum atomic E-state index is 0.594. The van der Waals surface area contributed by atoms with Gasteiger partial charge in [-0.05, 0) is 41.8 Å². The first-order valence-electron chi connectivity index (χ1n) is 6.24. The highest BCUT2D eigenvalue weighted by Crippen LogP contribution is 2.30. The summed E-state index contributed by atoms with van der Waals surface area (Å²) in [6.45, 7) is 4.44. The van der Waals surface area contributed by atoms with Gasteiger partial charge in [0.1, 0.15) is 0 Å². The Kier molecular flexibility index (Phi) is 4.32. The van der Waals surface area contributed by atoms with Crippen LogP contribution in [0.4, 0.5) is 5.69 Å². The third-order valence-electron chi connectivity index (χ3n) is 2.91. The van der Waals surface area contributed by atoms with E-state index in [1.807, 2.05) is 7.05 Å². The fourth-order valence-electron chi connectivity index (χ4n) is 1.77. The second kappa shape index (κ2) is 5.96. The number of nitrogens with one attached hydrogen (secondary N) is 1. The molecule has 0 unspecified atom stereocenters. The van der Waals surface area contributed by atoms with Crippen LogP contribution in [-0.4, -0.2) is 7.05 Å². The van der Waals surface area contributed by atoms with E-state index in [1.54, 1.807) is 11.8 Å². The minimum absolute atomic E-state index is 0.594. The lowest BCUT2D eigenvalue weighted by Gasteiger charge is -2.07. The van der Waals surface area contributed by atoms with E-state index < -0.39 is 0 Å². The van der Waals surface area contributed by atoms with Gasteiger partial charge >= 0.3 is 0 Å². The molecule has 94 valence electrons. The van der Waals surface area contributed by atoms with Crippen molar-refractivity contribution in [2.45, 2.75) is 29.6 Å². The Bertz CT molecular complexity index is 503. The van der Waals surface area contributed by atoms with Crippen LogP contribution in [0.5, 0.6) is 0 Å². The Morgan fingerprint density at radius 2 is 1.67 bits per heavy atom. The molecule has 0 saturated heterocycles. The van der Waals surface area contributed by atoms with E-state index in [0.29, 0.717) is 5.92 Å². The third kappa shape index (κ3) is 3.30. The zero-order chi connectivity index (χ0) is 13.0. The van der Waals surface area contributed by atoms with Crippen molar-refractivity contribution in [2.75, 3.05) is 12.4 Å². The lowest BCUT2D eigenvalue weighted by atomic mass is 10.0. The van der Waals surface area contributed by atoms with Crippen molar-refractivity contribution in [3.8, 4) is 0 Å². The predicted molar refractivity (Wildman–Crippen MR) is 80.6 cm³/mol. The van der Waals surface area contributed by atoms with Gasteiger partial charge < -0.3 is 5.32 Å². The molecule has 0 radical (unpaired) electrons. The summed E-state index contributed by atoms with van der Waals surface area (Å²) >= 11 is 1.80. The lowest BCUT2D eigenvalue weighted by Crippen LogP contribution is -1.87. The summed E-state index contributed by atoms with van der Waals surface area (Å²) in [5.74, 6) is 0.594. The Labute approximate surface area is 114 Å². The zero-order valence-electron chi connectivity index (χ0n) is 11.1. The summed E-state index contributed by atoms with van der Waals surface area (Å²) in [6, 6.07) is 17.3. The Morgan fingerprint density at radius 3 is 2.28 bits per heavy atom. The summed E-state index contributed by atoms with van der Waals surface area (Å²) in [7, 11) is 1.95. The van der Waals surface area contributed by atoms with E-state index in [9.17, 15) is 0 Å². The quantitative estimate of drug-likeness (QED) is 0.827. The van der Waals surface area contributed by atoms with E-state index >= 15 is 0 Å². The second-order valence-corrected chi connectivity index (χ2v) is 5.75. The molecule has 0 aliphatic heterocycles. The first kappa shape index (κ1) is 13.0. The molecule has 0 saturated carbocycles. The van der Waals surface area contributed by atoms with Gasteiger partial charge in [-0.3, -0.25) is 0 Å². The standard InChI is InChI=1S/C16H19NS/c1-12(2)13-7-9-15(10-8-13)18-16-6-4-5-14(11-16)17-3/h4-12,17H,1-3H3. The van der Waals surface area contributed by atoms with Crippen LogP contribution in [0.1, 0.15) is 25.3 Å². The molecule has 0 spiro atoms. The van der Waals surface area contributed by atoms with E-state index in [1.165, 1.54) is 15.4 Å². The maximum Gasteiger partial charge on any atom is 0.0348 e. The Hall–Kier alpha value is -1.41. The van der Waals surface area contributed by atoms with Gasteiger partial charge in [-0.15, -0.1) is 0 Å². The van der Waals surface area contributed by atoms with Crippen LogP contribution in [0.2, 0.25) is 0 Å². The zero-order valence-corrected chi connectivity index (χ0v) is 11.9. The SMILES string of the molecule is CNc1cccc(Sc2ccc(C(C)C)cc2)c1. The molecule has 0 aromatic heterocycles. The Morgan fingerprint density at radius 1 is 0.944 bits per heavy atom. The molecular formula is C16H19NS. The van der Waals surface area contributed by atoms with E-state index in [4.69, 9.17) is 0 Å². The van der Waals surface area contributed by atoms with Crippen molar-refractivity contribution in [3.63, 3.8) is 0 Å². The molecule has 0 atom stereocenters. The van der Waals surface area contributed by atoms with Gasteiger partial charge in [0, 0.05) is 22.5 Å². The molecule has 0 fully saturated rings. The van der Waals surface area contributed by atoms with Crippen LogP contribution in [0.3, 0.4) is 0 Å². The minimum Gasteiger partial charge on any atom is -0.388 e. The number of hydrogen-bond donors (Lipinski definition) is 1. The summed E-state index contributed by atoms with van der Waals surface area (Å²) in [5, 5.41) is 3.16. The van der Waals surface area contributed by atoms with Gasteiger partial charge in [0.05, 0.1) is 0 Å². The molecule has 2 aromatic rings. The fourth-order valence-corrected chi connectivity index (χ4v) is 2.65. The highest BCUT2D eigenvalue weighted by Gasteiger charge is 2.01. The summed E-state index contributed by atoms with van der Waals surface area (Å²) < 4.78 is 0. The molecule has 0 aliphatic rings. The van der Waals surface area contributed by atoms with Crippen molar-refractivity contribution in [1.29, 1.82) is 0 Å². The molecule has 0 aliphatic carbocycles. The molecule has 1 N–H and O–H groups in total. The van der Waals surface area contributed by atoms with Crippen molar-refractivity contribution in [2.24, 2.45) is 0 Å². The fraction of sp³-hybridized carbons (Fsp3) is 0.250. The largest absolute Gasteiger partial charge is 0.388 e. The topological polar surface area (TPSA) is 12.0 Å². The third-order valence-corrected chi connectivity index (χ3v) is 3.90.